The minimum atomic E-state index is 0.900. The molecule has 0 aliphatic carbocycles. The molecule has 0 amide bonds. The summed E-state index contributed by atoms with van der Waals surface area (Å²) in [5, 5.41) is 6.58. The molecule has 0 fully saturated rings. The van der Waals surface area contributed by atoms with Gasteiger partial charge in [0.2, 0.25) is 0 Å². The summed E-state index contributed by atoms with van der Waals surface area (Å²) in [6.45, 7) is 0. The maximum absolute atomic E-state index is 6.50. The molecule has 0 unspecified atom stereocenters. The lowest BCUT2D eigenvalue weighted by Gasteiger charge is -2.12. The van der Waals surface area contributed by atoms with Crippen LogP contribution in [0.2, 0.25) is 0 Å². The fraction of sp³-hybridized carbons (Fsp3) is 0. The van der Waals surface area contributed by atoms with Crippen LogP contribution in [0, 0.1) is 0 Å². The second kappa shape index (κ2) is 9.10. The minimum absolute atomic E-state index is 0.900. The summed E-state index contributed by atoms with van der Waals surface area (Å²) in [7, 11) is 0. The van der Waals surface area contributed by atoms with Crippen LogP contribution in [0.3, 0.4) is 0 Å². The smallest absolute Gasteiger partial charge is 0.144 e. The van der Waals surface area contributed by atoms with Crippen LogP contribution in [-0.2, 0) is 0 Å². The summed E-state index contributed by atoms with van der Waals surface area (Å²) in [6.07, 6.45) is 0. The zero-order valence-electron chi connectivity index (χ0n) is 22.4. The molecule has 0 radical (unpaired) electrons. The van der Waals surface area contributed by atoms with Crippen molar-refractivity contribution in [1.82, 2.24) is 9.97 Å². The third kappa shape index (κ3) is 3.59. The highest BCUT2D eigenvalue weighted by molar-refractivity contribution is 7.21. The zero-order valence-corrected chi connectivity index (χ0v) is 23.2. The van der Waals surface area contributed by atoms with Crippen molar-refractivity contribution in [3.63, 3.8) is 0 Å². The van der Waals surface area contributed by atoms with Crippen molar-refractivity contribution in [2.45, 2.75) is 0 Å². The Bertz CT molecular complexity index is 2450. The third-order valence-corrected chi connectivity index (χ3v) is 9.17. The predicted molar refractivity (Wildman–Crippen MR) is 176 cm³/mol. The van der Waals surface area contributed by atoms with Gasteiger partial charge in [-0.2, -0.15) is 0 Å². The van der Waals surface area contributed by atoms with E-state index in [-0.39, 0.29) is 0 Å². The van der Waals surface area contributed by atoms with Gasteiger partial charge in [-0.05, 0) is 53.6 Å². The summed E-state index contributed by atoms with van der Waals surface area (Å²) in [4.78, 5) is 10.1. The first-order valence-corrected chi connectivity index (χ1v) is 14.8. The van der Waals surface area contributed by atoms with Crippen LogP contribution in [0.15, 0.2) is 138 Å². The van der Waals surface area contributed by atoms with Crippen molar-refractivity contribution in [2.24, 2.45) is 0 Å². The molecule has 0 aliphatic rings. The van der Waals surface area contributed by atoms with Crippen LogP contribution in [0.4, 0.5) is 0 Å². The Morgan fingerprint density at radius 2 is 1.14 bits per heavy atom. The first-order chi connectivity index (χ1) is 20.8. The number of aromatic nitrogens is 2. The number of thiazole rings is 1. The monoisotopic (exact) mass is 554 g/mol. The molecule has 0 saturated carbocycles. The van der Waals surface area contributed by atoms with E-state index in [0.717, 1.165) is 82.1 Å². The van der Waals surface area contributed by atoms with Gasteiger partial charge in [-0.3, -0.25) is 0 Å². The molecule has 3 heterocycles. The van der Waals surface area contributed by atoms with E-state index < -0.39 is 0 Å². The quantitative estimate of drug-likeness (QED) is 0.204. The average Bonchev–Trinajstić information content (AvgIpc) is 3.66. The molecule has 0 bridgehead atoms. The van der Waals surface area contributed by atoms with Gasteiger partial charge in [0.25, 0.3) is 0 Å². The Labute approximate surface area is 245 Å². The molecule has 196 valence electrons. The van der Waals surface area contributed by atoms with Crippen molar-refractivity contribution >= 4 is 65.2 Å². The van der Waals surface area contributed by atoms with Gasteiger partial charge in [0, 0.05) is 38.1 Å². The van der Waals surface area contributed by atoms with E-state index >= 15 is 0 Å². The lowest BCUT2D eigenvalue weighted by molar-refractivity contribution is 0.673. The first-order valence-electron chi connectivity index (χ1n) is 14.0. The van der Waals surface area contributed by atoms with Crippen molar-refractivity contribution in [3.8, 4) is 33.0 Å². The highest BCUT2D eigenvalue weighted by Crippen LogP contribution is 2.41. The molecule has 6 aromatic carbocycles. The van der Waals surface area contributed by atoms with Gasteiger partial charge in [0.05, 0.1) is 21.4 Å². The fourth-order valence-corrected chi connectivity index (χ4v) is 7.07. The Morgan fingerprint density at radius 1 is 0.476 bits per heavy atom. The Balaban J connectivity index is 1.24. The molecule has 9 aromatic rings. The van der Waals surface area contributed by atoms with Crippen molar-refractivity contribution in [3.05, 3.63) is 133 Å². The summed E-state index contributed by atoms with van der Waals surface area (Å²) < 4.78 is 7.70. The number of fused-ring (bicyclic) bond motifs is 8. The standard InChI is InChI=1S/C38H22N2OS/c1-3-15-31-29(14-1)35-30(20-19-28-27-13-2-5-17-33(27)41-37(28)35)36(39-31)25-11-7-9-23(21-25)24-10-8-12-26(22-24)38-40-32-16-4-6-18-34(32)42-38/h1-22H. The number of hydrogen-bond acceptors (Lipinski definition) is 4. The van der Waals surface area contributed by atoms with Crippen LogP contribution in [0.25, 0.3) is 86.8 Å². The van der Waals surface area contributed by atoms with Gasteiger partial charge >= 0.3 is 0 Å². The van der Waals surface area contributed by atoms with Crippen LogP contribution >= 0.6 is 11.3 Å². The maximum atomic E-state index is 6.50. The lowest BCUT2D eigenvalue weighted by Crippen LogP contribution is -1.91. The molecule has 42 heavy (non-hydrogen) atoms. The van der Waals surface area contributed by atoms with E-state index in [9.17, 15) is 0 Å². The Hall–Kier alpha value is -5.32. The number of furan rings is 1. The normalized spacial score (nSPS) is 11.8. The predicted octanol–water partition coefficient (Wildman–Crippen LogP) is 10.9. The molecule has 0 spiro atoms. The van der Waals surface area contributed by atoms with Gasteiger partial charge in [-0.15, -0.1) is 11.3 Å². The van der Waals surface area contributed by atoms with E-state index in [2.05, 4.69) is 109 Å². The van der Waals surface area contributed by atoms with Crippen molar-refractivity contribution in [1.29, 1.82) is 0 Å². The zero-order chi connectivity index (χ0) is 27.6. The molecule has 4 heteroatoms. The average molecular weight is 555 g/mol. The SMILES string of the molecule is c1cc(-c2cccc(-c3nc4ccccc4c4c3ccc3c5ccccc5oc34)c2)cc(-c2nc3ccccc3s2)c1. The van der Waals surface area contributed by atoms with Crippen LogP contribution < -0.4 is 0 Å². The van der Waals surface area contributed by atoms with E-state index in [4.69, 9.17) is 14.4 Å². The first kappa shape index (κ1) is 23.4. The van der Waals surface area contributed by atoms with E-state index in [0.29, 0.717) is 0 Å². The van der Waals surface area contributed by atoms with E-state index in [1.165, 1.54) is 4.70 Å². The topological polar surface area (TPSA) is 38.9 Å². The van der Waals surface area contributed by atoms with Crippen molar-refractivity contribution in [2.75, 3.05) is 0 Å². The van der Waals surface area contributed by atoms with Gasteiger partial charge in [0.15, 0.2) is 0 Å². The van der Waals surface area contributed by atoms with Gasteiger partial charge in [0.1, 0.15) is 16.2 Å². The fourth-order valence-electron chi connectivity index (χ4n) is 6.11. The van der Waals surface area contributed by atoms with Gasteiger partial charge in [-0.1, -0.05) is 91.0 Å². The molecule has 9 rings (SSSR count). The van der Waals surface area contributed by atoms with Crippen LogP contribution in [0.5, 0.6) is 0 Å². The van der Waals surface area contributed by atoms with E-state index in [1.807, 2.05) is 24.3 Å². The number of para-hydroxylation sites is 3. The number of pyridine rings is 1. The summed E-state index contributed by atoms with van der Waals surface area (Å²) in [6, 6.07) is 46.6. The molecule has 0 saturated heterocycles. The Morgan fingerprint density at radius 3 is 2.00 bits per heavy atom. The van der Waals surface area contributed by atoms with Crippen molar-refractivity contribution < 1.29 is 4.42 Å². The van der Waals surface area contributed by atoms with Gasteiger partial charge in [-0.25, -0.2) is 9.97 Å². The largest absolute Gasteiger partial charge is 0.455 e. The summed E-state index contributed by atoms with van der Waals surface area (Å²) in [5.74, 6) is 0. The highest BCUT2D eigenvalue weighted by atomic mass is 32.1. The molecule has 3 nitrogen and oxygen atoms in total. The highest BCUT2D eigenvalue weighted by Gasteiger charge is 2.17. The molecule has 3 aromatic heterocycles. The lowest BCUT2D eigenvalue weighted by atomic mass is 9.95. The Kier molecular flexibility index (Phi) is 5.07. The summed E-state index contributed by atoms with van der Waals surface area (Å²) >= 11 is 1.73. The molecular weight excluding hydrogens is 532 g/mol. The van der Waals surface area contributed by atoms with E-state index in [1.54, 1.807) is 11.3 Å². The maximum Gasteiger partial charge on any atom is 0.144 e. The minimum Gasteiger partial charge on any atom is -0.455 e. The third-order valence-electron chi connectivity index (χ3n) is 8.08. The number of benzene rings is 6. The molecule has 0 atom stereocenters. The second-order valence-corrected chi connectivity index (χ2v) is 11.6. The number of rotatable bonds is 3. The number of hydrogen-bond donors (Lipinski definition) is 0. The molecule has 0 N–H and O–H groups in total. The van der Waals surface area contributed by atoms with Crippen LogP contribution in [0.1, 0.15) is 0 Å². The van der Waals surface area contributed by atoms with Gasteiger partial charge < -0.3 is 4.42 Å². The molecule has 0 aliphatic heterocycles. The second-order valence-electron chi connectivity index (χ2n) is 10.6. The molecular formula is C38H22N2OS. The number of nitrogens with zero attached hydrogens (tertiary/aromatic N) is 2. The van der Waals surface area contributed by atoms with Crippen LogP contribution in [-0.4, -0.2) is 9.97 Å². The summed E-state index contributed by atoms with van der Waals surface area (Å²) in [5.41, 5.74) is 9.25.